The van der Waals surface area contributed by atoms with E-state index in [0.29, 0.717) is 25.7 Å². The lowest BCUT2D eigenvalue weighted by molar-refractivity contribution is -0.158. The Bertz CT molecular complexity index is 455. The molecular formula is C19H30O7. The number of unbranched alkanes of at least 4 members (excludes halogenated alkanes) is 1. The molecule has 1 aliphatic carbocycles. The fraction of sp³-hybridized carbons (Fsp3) is 0.737. The van der Waals surface area contributed by atoms with Crippen LogP contribution in [0.2, 0.25) is 0 Å². The van der Waals surface area contributed by atoms with Gasteiger partial charge in [0.25, 0.3) is 0 Å². The molecule has 1 fully saturated rings. The van der Waals surface area contributed by atoms with Crippen LogP contribution in [0.3, 0.4) is 0 Å². The molecule has 0 amide bonds. The molecule has 26 heavy (non-hydrogen) atoms. The van der Waals surface area contributed by atoms with Crippen molar-refractivity contribution in [2.45, 2.75) is 70.8 Å². The van der Waals surface area contributed by atoms with Crippen molar-refractivity contribution in [3.05, 3.63) is 12.7 Å². The summed E-state index contributed by atoms with van der Waals surface area (Å²) < 4.78 is 19.7. The summed E-state index contributed by atoms with van der Waals surface area (Å²) >= 11 is 0. The molecule has 1 rings (SSSR count). The fourth-order valence-electron chi connectivity index (χ4n) is 2.69. The highest BCUT2D eigenvalue weighted by Crippen LogP contribution is 2.20. The van der Waals surface area contributed by atoms with Gasteiger partial charge >= 0.3 is 18.1 Å². The van der Waals surface area contributed by atoms with Crippen LogP contribution in [-0.4, -0.2) is 37.6 Å². The molecule has 148 valence electrons. The van der Waals surface area contributed by atoms with Crippen molar-refractivity contribution in [1.29, 1.82) is 0 Å². The average Bonchev–Trinajstić information content (AvgIpc) is 2.64. The van der Waals surface area contributed by atoms with Gasteiger partial charge < -0.3 is 18.9 Å². The second kappa shape index (κ2) is 13.2. The first-order chi connectivity index (χ1) is 12.5. The van der Waals surface area contributed by atoms with Gasteiger partial charge in [0.05, 0.1) is 5.92 Å². The first-order valence-electron chi connectivity index (χ1n) is 9.29. The molecule has 0 N–H and O–H groups in total. The Balaban J connectivity index is 2.05. The molecule has 0 bridgehead atoms. The SMILES string of the molecule is C=CCOC(=O)CCCCC(C)C(=O)OCOC(=O)OC1CCCCC1. The molecular weight excluding hydrogens is 340 g/mol. The Labute approximate surface area is 155 Å². The topological polar surface area (TPSA) is 88.1 Å². The normalized spacial score (nSPS) is 15.6. The van der Waals surface area contributed by atoms with E-state index in [4.69, 9.17) is 18.9 Å². The van der Waals surface area contributed by atoms with Crippen molar-refractivity contribution in [3.63, 3.8) is 0 Å². The second-order valence-corrected chi connectivity index (χ2v) is 6.47. The van der Waals surface area contributed by atoms with Crippen molar-refractivity contribution < 1.29 is 33.3 Å². The molecule has 0 aromatic rings. The van der Waals surface area contributed by atoms with Crippen molar-refractivity contribution in [2.75, 3.05) is 13.4 Å². The van der Waals surface area contributed by atoms with Gasteiger partial charge in [-0.05, 0) is 38.5 Å². The van der Waals surface area contributed by atoms with Gasteiger partial charge in [-0.15, -0.1) is 0 Å². The number of carbonyl (C=O) groups is 3. The van der Waals surface area contributed by atoms with E-state index in [9.17, 15) is 14.4 Å². The third kappa shape index (κ3) is 10.1. The Morgan fingerprint density at radius 2 is 1.81 bits per heavy atom. The molecule has 1 unspecified atom stereocenters. The summed E-state index contributed by atoms with van der Waals surface area (Å²) in [6.45, 7) is 4.97. The summed E-state index contributed by atoms with van der Waals surface area (Å²) in [6, 6.07) is 0. The summed E-state index contributed by atoms with van der Waals surface area (Å²) in [6.07, 6.45) is 7.84. The highest BCUT2D eigenvalue weighted by atomic mass is 16.8. The molecule has 0 aromatic heterocycles. The molecule has 1 atom stereocenters. The lowest BCUT2D eigenvalue weighted by Crippen LogP contribution is -2.23. The van der Waals surface area contributed by atoms with Gasteiger partial charge in [-0.2, -0.15) is 0 Å². The monoisotopic (exact) mass is 370 g/mol. The lowest BCUT2D eigenvalue weighted by atomic mass is 9.98. The van der Waals surface area contributed by atoms with E-state index in [1.807, 2.05) is 0 Å². The molecule has 1 saturated carbocycles. The molecule has 0 heterocycles. The van der Waals surface area contributed by atoms with Crippen LogP contribution in [0.5, 0.6) is 0 Å². The number of rotatable bonds is 11. The average molecular weight is 370 g/mol. The quantitative estimate of drug-likeness (QED) is 0.179. The van der Waals surface area contributed by atoms with Crippen molar-refractivity contribution >= 4 is 18.1 Å². The maximum absolute atomic E-state index is 11.8. The third-order valence-corrected chi connectivity index (χ3v) is 4.23. The molecule has 0 saturated heterocycles. The Morgan fingerprint density at radius 1 is 1.08 bits per heavy atom. The van der Waals surface area contributed by atoms with E-state index < -0.39 is 18.9 Å². The van der Waals surface area contributed by atoms with Crippen LogP contribution >= 0.6 is 0 Å². The van der Waals surface area contributed by atoms with Crippen LogP contribution in [0, 0.1) is 5.92 Å². The largest absolute Gasteiger partial charge is 0.511 e. The van der Waals surface area contributed by atoms with Gasteiger partial charge in [-0.25, -0.2) is 4.79 Å². The van der Waals surface area contributed by atoms with Crippen LogP contribution in [0.1, 0.15) is 64.7 Å². The van der Waals surface area contributed by atoms with Gasteiger partial charge in [0.15, 0.2) is 0 Å². The van der Waals surface area contributed by atoms with Gasteiger partial charge in [0.1, 0.15) is 12.7 Å². The Morgan fingerprint density at radius 3 is 2.50 bits per heavy atom. The smallest absolute Gasteiger partial charge is 0.461 e. The fourth-order valence-corrected chi connectivity index (χ4v) is 2.69. The van der Waals surface area contributed by atoms with E-state index in [0.717, 1.165) is 25.7 Å². The standard InChI is InChI=1S/C19H30O7/c1-3-13-23-17(20)12-8-7-9-15(2)18(21)24-14-25-19(22)26-16-10-5-4-6-11-16/h3,15-16H,1,4-14H2,2H3. The van der Waals surface area contributed by atoms with Crippen molar-refractivity contribution in [3.8, 4) is 0 Å². The lowest BCUT2D eigenvalue weighted by Gasteiger charge is -2.21. The minimum absolute atomic E-state index is 0.0935. The zero-order valence-corrected chi connectivity index (χ0v) is 15.6. The van der Waals surface area contributed by atoms with Gasteiger partial charge in [-0.3, -0.25) is 9.59 Å². The number of esters is 2. The Kier molecular flexibility index (Phi) is 11.2. The molecule has 0 spiro atoms. The zero-order chi connectivity index (χ0) is 19.2. The van der Waals surface area contributed by atoms with Gasteiger partial charge in [0, 0.05) is 6.42 Å². The first kappa shape index (κ1) is 22.0. The summed E-state index contributed by atoms with van der Waals surface area (Å²) in [5.74, 6) is -1.05. The van der Waals surface area contributed by atoms with Crippen LogP contribution in [0.15, 0.2) is 12.7 Å². The Hall–Kier alpha value is -2.05. The minimum atomic E-state index is -0.796. The van der Waals surface area contributed by atoms with E-state index in [-0.39, 0.29) is 24.6 Å². The molecule has 0 radical (unpaired) electrons. The molecule has 7 nitrogen and oxygen atoms in total. The highest BCUT2D eigenvalue weighted by Gasteiger charge is 2.19. The van der Waals surface area contributed by atoms with Crippen LogP contribution in [0.25, 0.3) is 0 Å². The second-order valence-electron chi connectivity index (χ2n) is 6.47. The summed E-state index contributed by atoms with van der Waals surface area (Å²) in [4.78, 5) is 34.7. The van der Waals surface area contributed by atoms with Crippen LogP contribution < -0.4 is 0 Å². The summed E-state index contributed by atoms with van der Waals surface area (Å²) in [5.41, 5.74) is 0. The van der Waals surface area contributed by atoms with Crippen LogP contribution in [0.4, 0.5) is 4.79 Å². The predicted molar refractivity (Wildman–Crippen MR) is 94.2 cm³/mol. The van der Waals surface area contributed by atoms with E-state index in [1.165, 1.54) is 12.5 Å². The van der Waals surface area contributed by atoms with Crippen molar-refractivity contribution in [2.24, 2.45) is 5.92 Å². The third-order valence-electron chi connectivity index (χ3n) is 4.23. The number of hydrogen-bond acceptors (Lipinski definition) is 7. The first-order valence-corrected chi connectivity index (χ1v) is 9.29. The predicted octanol–water partition coefficient (Wildman–Crippen LogP) is 3.90. The van der Waals surface area contributed by atoms with Gasteiger partial charge in [0.2, 0.25) is 6.79 Å². The summed E-state index contributed by atoms with van der Waals surface area (Å²) in [7, 11) is 0. The summed E-state index contributed by atoms with van der Waals surface area (Å²) in [5, 5.41) is 0. The molecule has 7 heteroatoms. The molecule has 0 aliphatic heterocycles. The minimum Gasteiger partial charge on any atom is -0.461 e. The van der Waals surface area contributed by atoms with Crippen LogP contribution in [-0.2, 0) is 28.5 Å². The molecule has 0 aromatic carbocycles. The zero-order valence-electron chi connectivity index (χ0n) is 15.6. The maximum atomic E-state index is 11.8. The number of carbonyl (C=O) groups excluding carboxylic acids is 3. The number of ether oxygens (including phenoxy) is 4. The van der Waals surface area contributed by atoms with E-state index >= 15 is 0 Å². The highest BCUT2D eigenvalue weighted by molar-refractivity contribution is 5.72. The van der Waals surface area contributed by atoms with Crippen molar-refractivity contribution in [1.82, 2.24) is 0 Å². The van der Waals surface area contributed by atoms with Gasteiger partial charge in [-0.1, -0.05) is 32.4 Å². The van der Waals surface area contributed by atoms with E-state index in [1.54, 1.807) is 6.92 Å². The maximum Gasteiger partial charge on any atom is 0.511 e. The number of hydrogen-bond donors (Lipinski definition) is 0. The molecule has 1 aliphatic rings. The van der Waals surface area contributed by atoms with E-state index in [2.05, 4.69) is 6.58 Å².